The van der Waals surface area contributed by atoms with Crippen molar-refractivity contribution in [2.75, 3.05) is 39.4 Å². The number of rotatable bonds is 6. The number of nitrogens with one attached hydrogen (secondary N) is 1. The number of hydrogen-bond acceptors (Lipinski definition) is 5. The van der Waals surface area contributed by atoms with Crippen LogP contribution >= 0.6 is 0 Å². The van der Waals surface area contributed by atoms with Crippen molar-refractivity contribution in [2.24, 2.45) is 0 Å². The lowest BCUT2D eigenvalue weighted by Crippen LogP contribution is -2.40. The van der Waals surface area contributed by atoms with E-state index in [2.05, 4.69) is 15.2 Å². The van der Waals surface area contributed by atoms with E-state index in [0.717, 1.165) is 50.3 Å². The summed E-state index contributed by atoms with van der Waals surface area (Å²) in [5, 5.41) is 13.7. The van der Waals surface area contributed by atoms with Crippen LogP contribution in [0, 0.1) is 0 Å². The molecule has 2 N–H and O–H groups in total. The molecule has 0 atom stereocenters. The van der Waals surface area contributed by atoms with Crippen LogP contribution in [-0.4, -0.2) is 60.4 Å². The number of para-hydroxylation sites is 1. The Morgan fingerprint density at radius 3 is 2.87 bits per heavy atom. The number of hydrogen-bond donors (Lipinski definition) is 2. The fourth-order valence-corrected chi connectivity index (χ4v) is 2.76. The maximum atomic E-state index is 11.4. The number of carboxylic acid groups (broad SMARTS) is 1. The van der Waals surface area contributed by atoms with E-state index < -0.39 is 5.97 Å². The van der Waals surface area contributed by atoms with Crippen LogP contribution in [0.4, 0.5) is 0 Å². The first-order chi connectivity index (χ1) is 11.2. The topological polar surface area (TPSA) is 74.7 Å². The van der Waals surface area contributed by atoms with Crippen molar-refractivity contribution in [1.29, 1.82) is 0 Å². The van der Waals surface area contributed by atoms with Crippen molar-refractivity contribution in [1.82, 2.24) is 15.2 Å². The van der Waals surface area contributed by atoms with Crippen molar-refractivity contribution in [3.63, 3.8) is 0 Å². The van der Waals surface area contributed by atoms with Crippen molar-refractivity contribution in [3.8, 4) is 0 Å². The predicted molar refractivity (Wildman–Crippen MR) is 87.7 cm³/mol. The van der Waals surface area contributed by atoms with E-state index in [0.29, 0.717) is 12.1 Å². The molecular weight excluding hydrogens is 294 g/mol. The molecule has 1 aromatic heterocycles. The Morgan fingerprint density at radius 2 is 2.09 bits per heavy atom. The molecule has 1 aromatic carbocycles. The molecule has 0 spiro atoms. The summed E-state index contributed by atoms with van der Waals surface area (Å²) < 4.78 is 5.32. The number of carboxylic acids is 1. The van der Waals surface area contributed by atoms with Crippen LogP contribution in [0.3, 0.4) is 0 Å². The molecule has 0 unspecified atom stereocenters. The molecule has 1 aliphatic rings. The molecule has 23 heavy (non-hydrogen) atoms. The van der Waals surface area contributed by atoms with Gasteiger partial charge in [0.2, 0.25) is 0 Å². The summed E-state index contributed by atoms with van der Waals surface area (Å²) in [5.74, 6) is -0.985. The number of carbonyl (C=O) groups is 1. The molecule has 0 amide bonds. The Bertz CT molecular complexity index is 684. The van der Waals surface area contributed by atoms with E-state index in [-0.39, 0.29) is 5.69 Å². The first-order valence-corrected chi connectivity index (χ1v) is 7.87. The molecule has 1 fully saturated rings. The minimum absolute atomic E-state index is 0.127. The quantitative estimate of drug-likeness (QED) is 0.784. The first kappa shape index (κ1) is 15.9. The number of aromatic carboxylic acids is 1. The molecule has 0 saturated carbocycles. The Balaban J connectivity index is 1.64. The average molecular weight is 315 g/mol. The molecule has 2 heterocycles. The number of morpholine rings is 1. The highest BCUT2D eigenvalue weighted by Crippen LogP contribution is 2.16. The van der Waals surface area contributed by atoms with E-state index in [1.54, 1.807) is 0 Å². The number of pyridine rings is 1. The van der Waals surface area contributed by atoms with Gasteiger partial charge in [0.15, 0.2) is 5.69 Å². The maximum absolute atomic E-state index is 11.4. The molecule has 3 rings (SSSR count). The van der Waals surface area contributed by atoms with E-state index in [1.165, 1.54) is 0 Å². The molecule has 6 nitrogen and oxygen atoms in total. The molecule has 2 aromatic rings. The van der Waals surface area contributed by atoms with E-state index in [4.69, 9.17) is 4.74 Å². The van der Waals surface area contributed by atoms with Crippen LogP contribution in [0.5, 0.6) is 0 Å². The molecule has 0 bridgehead atoms. The van der Waals surface area contributed by atoms with Crippen molar-refractivity contribution >= 4 is 16.9 Å². The molecule has 0 radical (unpaired) electrons. The van der Waals surface area contributed by atoms with Gasteiger partial charge in [-0.3, -0.25) is 4.90 Å². The minimum Gasteiger partial charge on any atom is -0.477 e. The van der Waals surface area contributed by atoms with Crippen LogP contribution in [0.2, 0.25) is 0 Å². The van der Waals surface area contributed by atoms with Crippen molar-refractivity contribution in [3.05, 3.63) is 41.6 Å². The molecule has 1 aliphatic heterocycles. The number of nitrogens with zero attached hydrogens (tertiary/aromatic N) is 2. The fraction of sp³-hybridized carbons (Fsp3) is 0.412. The summed E-state index contributed by atoms with van der Waals surface area (Å²) in [5.41, 5.74) is 1.56. The van der Waals surface area contributed by atoms with Crippen LogP contribution < -0.4 is 5.32 Å². The highest BCUT2D eigenvalue weighted by atomic mass is 16.5. The van der Waals surface area contributed by atoms with Gasteiger partial charge in [-0.2, -0.15) is 0 Å². The van der Waals surface area contributed by atoms with Gasteiger partial charge in [-0.25, -0.2) is 9.78 Å². The van der Waals surface area contributed by atoms with Gasteiger partial charge in [-0.15, -0.1) is 0 Å². The fourth-order valence-electron chi connectivity index (χ4n) is 2.76. The first-order valence-electron chi connectivity index (χ1n) is 7.87. The third-order valence-corrected chi connectivity index (χ3v) is 4.03. The number of ether oxygens (including phenoxy) is 1. The number of benzene rings is 1. The number of aromatic nitrogens is 1. The van der Waals surface area contributed by atoms with Crippen LogP contribution in [0.25, 0.3) is 10.9 Å². The van der Waals surface area contributed by atoms with E-state index in [1.807, 2.05) is 30.3 Å². The van der Waals surface area contributed by atoms with E-state index in [9.17, 15) is 9.90 Å². The summed E-state index contributed by atoms with van der Waals surface area (Å²) >= 11 is 0. The summed E-state index contributed by atoms with van der Waals surface area (Å²) in [4.78, 5) is 18.1. The zero-order valence-electron chi connectivity index (χ0n) is 13.0. The Labute approximate surface area is 135 Å². The molecule has 6 heteroatoms. The Hall–Kier alpha value is -2.02. The average Bonchev–Trinajstić information content (AvgIpc) is 2.59. The zero-order valence-corrected chi connectivity index (χ0v) is 13.0. The third-order valence-electron chi connectivity index (χ3n) is 4.03. The van der Waals surface area contributed by atoms with Crippen LogP contribution in [0.15, 0.2) is 30.3 Å². The third kappa shape index (κ3) is 4.04. The SMILES string of the molecule is O=C(O)c1nc2ccccc2cc1CNCCN1CCOCC1. The lowest BCUT2D eigenvalue weighted by molar-refractivity contribution is 0.0384. The summed E-state index contributed by atoms with van der Waals surface area (Å²) in [6.07, 6.45) is 0. The minimum atomic E-state index is -0.985. The van der Waals surface area contributed by atoms with Gasteiger partial charge >= 0.3 is 5.97 Å². The van der Waals surface area contributed by atoms with E-state index >= 15 is 0 Å². The molecule has 0 aliphatic carbocycles. The normalized spacial score (nSPS) is 15.8. The monoisotopic (exact) mass is 315 g/mol. The smallest absolute Gasteiger partial charge is 0.354 e. The molecule has 1 saturated heterocycles. The van der Waals surface area contributed by atoms with Gasteiger partial charge in [0.1, 0.15) is 0 Å². The van der Waals surface area contributed by atoms with Crippen molar-refractivity contribution < 1.29 is 14.6 Å². The summed E-state index contributed by atoms with van der Waals surface area (Å²) in [7, 11) is 0. The zero-order chi connectivity index (χ0) is 16.1. The molecular formula is C17H21N3O3. The second-order valence-electron chi connectivity index (χ2n) is 5.62. The van der Waals surface area contributed by atoms with Crippen LogP contribution in [0.1, 0.15) is 16.1 Å². The lowest BCUT2D eigenvalue weighted by Gasteiger charge is -2.26. The largest absolute Gasteiger partial charge is 0.477 e. The van der Waals surface area contributed by atoms with Gasteiger partial charge in [0, 0.05) is 38.1 Å². The van der Waals surface area contributed by atoms with Crippen molar-refractivity contribution in [2.45, 2.75) is 6.54 Å². The highest BCUT2D eigenvalue weighted by Gasteiger charge is 2.14. The lowest BCUT2D eigenvalue weighted by atomic mass is 10.1. The van der Waals surface area contributed by atoms with Gasteiger partial charge < -0.3 is 15.2 Å². The summed E-state index contributed by atoms with van der Waals surface area (Å²) in [6.45, 7) is 5.75. The summed E-state index contributed by atoms with van der Waals surface area (Å²) in [6, 6.07) is 9.48. The van der Waals surface area contributed by atoms with Gasteiger partial charge in [-0.05, 0) is 17.7 Å². The van der Waals surface area contributed by atoms with Gasteiger partial charge in [0.05, 0.1) is 18.7 Å². The standard InChI is InChI=1S/C17H21N3O3/c21-17(22)16-14(11-13-3-1-2-4-15(13)19-16)12-18-5-6-20-7-9-23-10-8-20/h1-4,11,18H,5-10,12H2,(H,21,22). The maximum Gasteiger partial charge on any atom is 0.354 e. The Morgan fingerprint density at radius 1 is 1.30 bits per heavy atom. The van der Waals surface area contributed by atoms with Gasteiger partial charge in [0.25, 0.3) is 0 Å². The van der Waals surface area contributed by atoms with Gasteiger partial charge in [-0.1, -0.05) is 18.2 Å². The predicted octanol–water partition coefficient (Wildman–Crippen LogP) is 1.35. The Kier molecular flexibility index (Phi) is 5.17. The second-order valence-corrected chi connectivity index (χ2v) is 5.62. The highest BCUT2D eigenvalue weighted by molar-refractivity contribution is 5.91. The van der Waals surface area contributed by atoms with Crippen LogP contribution in [-0.2, 0) is 11.3 Å². The number of fused-ring (bicyclic) bond motifs is 1. The second kappa shape index (κ2) is 7.50. The molecule has 122 valence electrons.